The summed E-state index contributed by atoms with van der Waals surface area (Å²) in [4.78, 5) is 32.9. The number of benzene rings is 1. The smallest absolute Gasteiger partial charge is 0.306 e. The Morgan fingerprint density at radius 3 is 2.68 bits per heavy atom. The highest BCUT2D eigenvalue weighted by Crippen LogP contribution is 2.25. The molecule has 34 heavy (non-hydrogen) atoms. The Bertz CT molecular complexity index is 1250. The largest absolute Gasteiger partial charge is 0.469 e. The van der Waals surface area contributed by atoms with E-state index in [1.54, 1.807) is 6.20 Å². The molecule has 1 saturated carbocycles. The first-order chi connectivity index (χ1) is 16.4. The van der Waals surface area contributed by atoms with Crippen LogP contribution in [-0.4, -0.2) is 45.9 Å². The summed E-state index contributed by atoms with van der Waals surface area (Å²) in [6, 6.07) is 7.84. The van der Waals surface area contributed by atoms with Crippen LogP contribution in [0.2, 0.25) is 0 Å². The number of fused-ring (bicyclic) bond motifs is 1. The Labute approximate surface area is 199 Å². The van der Waals surface area contributed by atoms with Gasteiger partial charge in [-0.25, -0.2) is 9.97 Å². The lowest BCUT2D eigenvalue weighted by molar-refractivity contribution is -0.140. The second-order valence-electron chi connectivity index (χ2n) is 8.79. The summed E-state index contributed by atoms with van der Waals surface area (Å²) in [6.45, 7) is 4.99. The number of imidazole rings is 1. The molecule has 0 saturated heterocycles. The second-order valence-corrected chi connectivity index (χ2v) is 8.79. The fourth-order valence-electron chi connectivity index (χ4n) is 3.39. The molecule has 1 aliphatic carbocycles. The summed E-state index contributed by atoms with van der Waals surface area (Å²) in [5, 5.41) is 6.38. The Kier molecular flexibility index (Phi) is 7.12. The molecule has 1 aliphatic rings. The number of amides is 1. The van der Waals surface area contributed by atoms with Gasteiger partial charge in [0.2, 0.25) is 0 Å². The van der Waals surface area contributed by atoms with Gasteiger partial charge in [-0.1, -0.05) is 31.9 Å². The lowest BCUT2D eigenvalue weighted by Crippen LogP contribution is -2.25. The normalized spacial score (nSPS) is 12.8. The number of methoxy groups -OCH3 is 1. The minimum absolute atomic E-state index is 0.0407. The molecule has 1 fully saturated rings. The van der Waals surface area contributed by atoms with Crippen molar-refractivity contribution in [2.75, 3.05) is 19.0 Å². The Balaban J connectivity index is 1.64. The van der Waals surface area contributed by atoms with Gasteiger partial charge in [0, 0.05) is 36.3 Å². The third kappa shape index (κ3) is 5.73. The summed E-state index contributed by atoms with van der Waals surface area (Å²) in [5.74, 6) is 6.80. The third-order valence-corrected chi connectivity index (χ3v) is 5.42. The molecule has 3 aromatic rings. The zero-order chi connectivity index (χ0) is 24.1. The molecule has 8 nitrogen and oxygen atoms in total. The van der Waals surface area contributed by atoms with Crippen LogP contribution in [0.3, 0.4) is 0 Å². The van der Waals surface area contributed by atoms with E-state index in [2.05, 4.69) is 51.0 Å². The number of hydrogen-bond acceptors (Lipinski definition) is 6. The number of carbonyl (C=O) groups excluding carboxylic acids is 2. The van der Waals surface area contributed by atoms with Crippen LogP contribution >= 0.6 is 0 Å². The zero-order valence-corrected chi connectivity index (χ0v) is 19.7. The number of rotatable bonds is 8. The molecule has 0 bridgehead atoms. The summed E-state index contributed by atoms with van der Waals surface area (Å²) in [5.41, 5.74) is 3.72. The van der Waals surface area contributed by atoms with E-state index in [0.29, 0.717) is 41.1 Å². The minimum atomic E-state index is -0.289. The molecule has 8 heteroatoms. The maximum absolute atomic E-state index is 12.3. The van der Waals surface area contributed by atoms with Crippen molar-refractivity contribution >= 4 is 23.3 Å². The molecule has 0 spiro atoms. The van der Waals surface area contributed by atoms with Gasteiger partial charge in [0.15, 0.2) is 11.5 Å². The average Bonchev–Trinajstić information content (AvgIpc) is 3.55. The topological polar surface area (TPSA) is 97.6 Å². The number of nitrogens with zero attached hydrogens (tertiary/aromatic N) is 3. The van der Waals surface area contributed by atoms with E-state index in [4.69, 9.17) is 0 Å². The van der Waals surface area contributed by atoms with Gasteiger partial charge in [-0.2, -0.15) is 0 Å². The van der Waals surface area contributed by atoms with E-state index in [9.17, 15) is 9.59 Å². The van der Waals surface area contributed by atoms with E-state index in [-0.39, 0.29) is 18.3 Å². The van der Waals surface area contributed by atoms with E-state index in [0.717, 1.165) is 30.6 Å². The van der Waals surface area contributed by atoms with Crippen LogP contribution in [0.5, 0.6) is 0 Å². The van der Waals surface area contributed by atoms with Crippen LogP contribution in [-0.2, 0) is 9.53 Å². The highest BCUT2D eigenvalue weighted by molar-refractivity contribution is 5.95. The summed E-state index contributed by atoms with van der Waals surface area (Å²) in [6.07, 6.45) is 6.38. The lowest BCUT2D eigenvalue weighted by atomic mass is 10.1. The van der Waals surface area contributed by atoms with Crippen molar-refractivity contribution in [3.05, 3.63) is 47.9 Å². The molecule has 1 amide bonds. The van der Waals surface area contributed by atoms with Crippen molar-refractivity contribution in [2.24, 2.45) is 5.92 Å². The van der Waals surface area contributed by atoms with Crippen molar-refractivity contribution in [2.45, 2.75) is 45.6 Å². The van der Waals surface area contributed by atoms with Crippen LogP contribution in [0.25, 0.3) is 16.9 Å². The molecular weight excluding hydrogens is 430 g/mol. The predicted octanol–water partition coefficient (Wildman–Crippen LogP) is 3.66. The Hall–Kier alpha value is -3.86. The number of esters is 1. The first kappa shape index (κ1) is 23.3. The molecule has 0 unspecified atom stereocenters. The molecular formula is C26H29N5O3. The van der Waals surface area contributed by atoms with E-state index in [1.807, 2.05) is 34.9 Å². The molecule has 2 aromatic heterocycles. The van der Waals surface area contributed by atoms with Gasteiger partial charge in [0.1, 0.15) is 5.69 Å². The highest BCUT2D eigenvalue weighted by Gasteiger charge is 2.23. The summed E-state index contributed by atoms with van der Waals surface area (Å²) in [7, 11) is 1.37. The van der Waals surface area contributed by atoms with Crippen molar-refractivity contribution in [1.29, 1.82) is 0 Å². The minimum Gasteiger partial charge on any atom is -0.469 e. The predicted molar refractivity (Wildman–Crippen MR) is 130 cm³/mol. The average molecular weight is 460 g/mol. The van der Waals surface area contributed by atoms with Crippen molar-refractivity contribution in [1.82, 2.24) is 19.7 Å². The fraction of sp³-hybridized carbons (Fsp3) is 0.385. The summed E-state index contributed by atoms with van der Waals surface area (Å²) < 4.78 is 6.62. The monoisotopic (exact) mass is 459 g/mol. The van der Waals surface area contributed by atoms with Crippen molar-refractivity contribution in [3.63, 3.8) is 0 Å². The molecule has 2 heterocycles. The quantitative estimate of drug-likeness (QED) is 0.394. The van der Waals surface area contributed by atoms with E-state index < -0.39 is 0 Å². The first-order valence-electron chi connectivity index (χ1n) is 11.5. The number of carbonyl (C=O) groups is 2. The maximum atomic E-state index is 12.3. The van der Waals surface area contributed by atoms with Crippen LogP contribution in [0, 0.1) is 17.8 Å². The van der Waals surface area contributed by atoms with Gasteiger partial charge in [-0.3, -0.25) is 14.0 Å². The number of nitrogens with one attached hydrogen (secondary N) is 2. The number of anilines is 1. The van der Waals surface area contributed by atoms with Gasteiger partial charge in [-0.15, -0.1) is 0 Å². The van der Waals surface area contributed by atoms with Crippen LogP contribution in [0.1, 0.15) is 55.6 Å². The number of aromatic nitrogens is 3. The highest BCUT2D eigenvalue weighted by atomic mass is 16.5. The second kappa shape index (κ2) is 10.4. The van der Waals surface area contributed by atoms with Gasteiger partial charge in [0.05, 0.1) is 25.4 Å². The van der Waals surface area contributed by atoms with Gasteiger partial charge in [0.25, 0.3) is 5.91 Å². The van der Waals surface area contributed by atoms with Gasteiger partial charge < -0.3 is 15.4 Å². The van der Waals surface area contributed by atoms with Crippen molar-refractivity contribution in [3.8, 4) is 23.1 Å². The summed E-state index contributed by atoms with van der Waals surface area (Å²) >= 11 is 0. The van der Waals surface area contributed by atoms with Crippen LogP contribution in [0.4, 0.5) is 5.82 Å². The first-order valence-corrected chi connectivity index (χ1v) is 11.5. The molecule has 1 aromatic carbocycles. The van der Waals surface area contributed by atoms with Crippen LogP contribution < -0.4 is 10.6 Å². The SMILES string of the molecule is COC(=O)CCC#Cc1cn2c(-c3ccc(C(=O)NC4CC4)cc3)cnc2c(NCC(C)C)n1. The van der Waals surface area contributed by atoms with Gasteiger partial charge in [-0.05, 0) is 36.8 Å². The van der Waals surface area contributed by atoms with Crippen LogP contribution in [0.15, 0.2) is 36.7 Å². The number of ether oxygens (including phenoxy) is 1. The Morgan fingerprint density at radius 2 is 2.00 bits per heavy atom. The molecule has 0 atom stereocenters. The van der Waals surface area contributed by atoms with E-state index in [1.165, 1.54) is 7.11 Å². The standard InChI is InChI=1S/C26H29N5O3/c1-17(2)14-27-24-25-28-15-22(18-8-10-19(11-9-18)26(33)30-20-12-13-20)31(25)16-21(29-24)6-4-5-7-23(32)34-3/h8-11,15-17,20H,5,7,12-14H2,1-3H3,(H,27,29)(H,30,33). The molecule has 176 valence electrons. The van der Waals surface area contributed by atoms with Crippen molar-refractivity contribution < 1.29 is 14.3 Å². The van der Waals surface area contributed by atoms with E-state index >= 15 is 0 Å². The number of hydrogen-bond donors (Lipinski definition) is 2. The molecule has 0 aliphatic heterocycles. The molecule has 4 rings (SSSR count). The fourth-order valence-corrected chi connectivity index (χ4v) is 3.39. The maximum Gasteiger partial charge on any atom is 0.306 e. The molecule has 2 N–H and O–H groups in total. The third-order valence-electron chi connectivity index (χ3n) is 5.42. The molecule has 0 radical (unpaired) electrons. The zero-order valence-electron chi connectivity index (χ0n) is 19.7. The Morgan fingerprint density at radius 1 is 1.24 bits per heavy atom. The lowest BCUT2D eigenvalue weighted by Gasteiger charge is -2.11. The van der Waals surface area contributed by atoms with Gasteiger partial charge >= 0.3 is 5.97 Å².